The molecule has 0 saturated heterocycles. The molecule has 4 aromatic carbocycles. The zero-order valence-electron chi connectivity index (χ0n) is 17.0. The number of H-pyrrole nitrogens is 3. The summed E-state index contributed by atoms with van der Waals surface area (Å²) in [6, 6.07) is 23.9. The number of rotatable bonds is 0. The van der Waals surface area contributed by atoms with Crippen LogP contribution in [0.3, 0.4) is 0 Å². The van der Waals surface area contributed by atoms with Gasteiger partial charge in [0, 0.05) is 48.9 Å². The van der Waals surface area contributed by atoms with Gasteiger partial charge in [0.25, 0.3) is 0 Å². The van der Waals surface area contributed by atoms with E-state index in [0.29, 0.717) is 16.7 Å². The third kappa shape index (κ3) is 1.99. The number of nitrogens with one attached hydrogen (secondary N) is 3. The van der Waals surface area contributed by atoms with E-state index in [2.05, 4.69) is 33.2 Å². The van der Waals surface area contributed by atoms with Crippen LogP contribution in [0.4, 0.5) is 0 Å². The lowest BCUT2D eigenvalue weighted by atomic mass is 9.97. The SMILES string of the molecule is N#Cc1cccc2[nH]c3c4[nH]c5cccc(C#N)c5c4c4c([nH]c5cccc(C#N)c54)c3c12. The topological polar surface area (TPSA) is 119 Å². The molecule has 6 nitrogen and oxygen atoms in total. The number of aromatic amines is 3. The Balaban J connectivity index is 1.96. The molecule has 0 atom stereocenters. The highest BCUT2D eigenvalue weighted by molar-refractivity contribution is 6.40. The standard InChI is InChI=1S/C27H12N6/c28-10-13-4-1-7-16-19(13)22-23-20-14(11-29)5-2-8-17(20)32-26(23)27-24(25(22)31-16)21-15(12-30)6-3-9-18(21)33-27/h1-9,31-33H. The first-order chi connectivity index (χ1) is 16.2. The molecule has 7 aromatic rings. The normalized spacial score (nSPS) is 11.5. The lowest BCUT2D eigenvalue weighted by Gasteiger charge is -2.03. The molecule has 150 valence electrons. The highest BCUT2D eigenvalue weighted by atomic mass is 14.8. The zero-order valence-corrected chi connectivity index (χ0v) is 17.0. The molecule has 33 heavy (non-hydrogen) atoms. The van der Waals surface area contributed by atoms with E-state index in [1.807, 2.05) is 54.6 Å². The van der Waals surface area contributed by atoms with E-state index < -0.39 is 0 Å². The van der Waals surface area contributed by atoms with Gasteiger partial charge in [-0.3, -0.25) is 0 Å². The fourth-order valence-electron chi connectivity index (χ4n) is 5.34. The van der Waals surface area contributed by atoms with Gasteiger partial charge in [-0.15, -0.1) is 0 Å². The molecule has 6 heteroatoms. The highest BCUT2D eigenvalue weighted by Crippen LogP contribution is 2.46. The minimum atomic E-state index is 0.559. The summed E-state index contributed by atoms with van der Waals surface area (Å²) in [5.41, 5.74) is 6.80. The molecule has 3 heterocycles. The summed E-state index contributed by atoms with van der Waals surface area (Å²) in [6.07, 6.45) is 0. The summed E-state index contributed by atoms with van der Waals surface area (Å²) < 4.78 is 0. The lowest BCUT2D eigenvalue weighted by Crippen LogP contribution is -1.81. The van der Waals surface area contributed by atoms with Crippen molar-refractivity contribution in [1.82, 2.24) is 15.0 Å². The second kappa shape index (κ2) is 5.92. The Morgan fingerprint density at radius 3 is 1.24 bits per heavy atom. The molecule has 0 bridgehead atoms. The van der Waals surface area contributed by atoms with E-state index >= 15 is 0 Å². The van der Waals surface area contributed by atoms with Gasteiger partial charge in [-0.1, -0.05) is 18.2 Å². The summed E-state index contributed by atoms with van der Waals surface area (Å²) in [5.74, 6) is 0. The van der Waals surface area contributed by atoms with E-state index in [9.17, 15) is 15.8 Å². The Bertz CT molecular complexity index is 2110. The van der Waals surface area contributed by atoms with Crippen LogP contribution >= 0.6 is 0 Å². The number of fused-ring (bicyclic) bond motifs is 12. The monoisotopic (exact) mass is 420 g/mol. The number of hydrogen-bond acceptors (Lipinski definition) is 3. The van der Waals surface area contributed by atoms with Crippen LogP contribution < -0.4 is 0 Å². The van der Waals surface area contributed by atoms with Crippen molar-refractivity contribution in [3.8, 4) is 18.2 Å². The van der Waals surface area contributed by atoms with Crippen molar-refractivity contribution in [3.63, 3.8) is 0 Å². The van der Waals surface area contributed by atoms with E-state index in [1.165, 1.54) is 0 Å². The molecule has 0 amide bonds. The molecule has 0 fully saturated rings. The molecule has 0 aliphatic heterocycles. The number of nitrogens with zero attached hydrogens (tertiary/aromatic N) is 3. The Kier molecular flexibility index (Phi) is 3.13. The van der Waals surface area contributed by atoms with Gasteiger partial charge in [-0.2, -0.15) is 15.8 Å². The van der Waals surface area contributed by atoms with Gasteiger partial charge in [-0.25, -0.2) is 0 Å². The fraction of sp³-hybridized carbons (Fsp3) is 0. The maximum atomic E-state index is 9.90. The maximum absolute atomic E-state index is 9.90. The Hall–Kier alpha value is -5.25. The van der Waals surface area contributed by atoms with Crippen LogP contribution in [0.1, 0.15) is 16.7 Å². The van der Waals surface area contributed by atoms with Crippen LogP contribution in [0.15, 0.2) is 54.6 Å². The van der Waals surface area contributed by atoms with Crippen molar-refractivity contribution in [2.75, 3.05) is 0 Å². The molecule has 7 rings (SSSR count). The molecule has 0 saturated carbocycles. The average molecular weight is 420 g/mol. The van der Waals surface area contributed by atoms with Crippen LogP contribution in [-0.4, -0.2) is 15.0 Å². The van der Waals surface area contributed by atoms with Gasteiger partial charge in [0.05, 0.1) is 51.4 Å². The second-order valence-corrected chi connectivity index (χ2v) is 8.14. The van der Waals surface area contributed by atoms with Crippen molar-refractivity contribution in [2.45, 2.75) is 0 Å². The molecular formula is C27H12N6. The van der Waals surface area contributed by atoms with E-state index in [1.54, 1.807) is 0 Å². The molecule has 0 spiro atoms. The van der Waals surface area contributed by atoms with Crippen molar-refractivity contribution < 1.29 is 0 Å². The summed E-state index contributed by atoms with van der Waals surface area (Å²) in [4.78, 5) is 10.6. The molecule has 0 radical (unpaired) electrons. The minimum absolute atomic E-state index is 0.559. The van der Waals surface area contributed by atoms with Gasteiger partial charge < -0.3 is 15.0 Å². The van der Waals surface area contributed by atoms with E-state index in [4.69, 9.17) is 0 Å². The first-order valence-electron chi connectivity index (χ1n) is 10.4. The zero-order chi connectivity index (χ0) is 22.3. The number of hydrogen-bond donors (Lipinski definition) is 3. The molecule has 3 aromatic heterocycles. The smallest absolute Gasteiger partial charge is 0.0999 e. The Labute approximate surface area is 185 Å². The lowest BCUT2D eigenvalue weighted by molar-refractivity contribution is 1.49. The number of nitriles is 3. The van der Waals surface area contributed by atoms with Gasteiger partial charge in [0.15, 0.2) is 0 Å². The first-order valence-corrected chi connectivity index (χ1v) is 10.4. The molecule has 0 unspecified atom stereocenters. The van der Waals surface area contributed by atoms with Crippen molar-refractivity contribution in [2.24, 2.45) is 0 Å². The third-order valence-electron chi connectivity index (χ3n) is 6.58. The van der Waals surface area contributed by atoms with Crippen LogP contribution in [0.5, 0.6) is 0 Å². The van der Waals surface area contributed by atoms with E-state index in [-0.39, 0.29) is 0 Å². The molecule has 0 aliphatic carbocycles. The van der Waals surface area contributed by atoms with Crippen molar-refractivity contribution in [3.05, 3.63) is 71.3 Å². The number of aromatic nitrogens is 3. The summed E-state index contributed by atoms with van der Waals surface area (Å²) in [5, 5.41) is 34.8. The van der Waals surface area contributed by atoms with Crippen molar-refractivity contribution in [1.29, 1.82) is 15.8 Å². The van der Waals surface area contributed by atoms with Gasteiger partial charge in [0.2, 0.25) is 0 Å². The number of benzene rings is 4. The Morgan fingerprint density at radius 1 is 0.424 bits per heavy atom. The second-order valence-electron chi connectivity index (χ2n) is 8.14. The van der Waals surface area contributed by atoms with Gasteiger partial charge in [0.1, 0.15) is 0 Å². The molecule has 0 aliphatic rings. The van der Waals surface area contributed by atoms with Crippen molar-refractivity contribution >= 4 is 65.4 Å². The average Bonchev–Trinajstić information content (AvgIpc) is 3.53. The van der Waals surface area contributed by atoms with Crippen LogP contribution in [0.2, 0.25) is 0 Å². The fourth-order valence-corrected chi connectivity index (χ4v) is 5.34. The van der Waals surface area contributed by atoms with Gasteiger partial charge in [-0.05, 0) is 36.4 Å². The van der Waals surface area contributed by atoms with Gasteiger partial charge >= 0.3 is 0 Å². The predicted molar refractivity (Wildman–Crippen MR) is 129 cm³/mol. The molecular weight excluding hydrogens is 408 g/mol. The largest absolute Gasteiger partial charge is 0.354 e. The maximum Gasteiger partial charge on any atom is 0.0999 e. The predicted octanol–water partition coefficient (Wildman–Crippen LogP) is 6.21. The summed E-state index contributed by atoms with van der Waals surface area (Å²) >= 11 is 0. The Morgan fingerprint density at radius 2 is 0.788 bits per heavy atom. The van der Waals surface area contributed by atoms with Crippen LogP contribution in [0, 0.1) is 34.0 Å². The van der Waals surface area contributed by atoms with E-state index in [0.717, 1.165) is 65.4 Å². The minimum Gasteiger partial charge on any atom is -0.354 e. The first kappa shape index (κ1) is 17.4. The quantitative estimate of drug-likeness (QED) is 0.271. The van der Waals surface area contributed by atoms with Crippen LogP contribution in [-0.2, 0) is 0 Å². The molecule has 3 N–H and O–H groups in total. The summed E-state index contributed by atoms with van der Waals surface area (Å²) in [7, 11) is 0. The summed E-state index contributed by atoms with van der Waals surface area (Å²) in [6.45, 7) is 0. The third-order valence-corrected chi connectivity index (χ3v) is 6.58. The highest BCUT2D eigenvalue weighted by Gasteiger charge is 2.23. The van der Waals surface area contributed by atoms with Crippen LogP contribution in [0.25, 0.3) is 65.4 Å².